The molecule has 3 heterocycles. The van der Waals surface area contributed by atoms with Crippen LogP contribution in [0.1, 0.15) is 12.0 Å². The number of amides is 2. The number of nitrogens with one attached hydrogen (secondary N) is 1. The molecule has 2 aliphatic rings. The minimum atomic E-state index is -0.343. The summed E-state index contributed by atoms with van der Waals surface area (Å²) in [7, 11) is 0. The minimum Gasteiger partial charge on any atom is -0.504 e. The Morgan fingerprint density at radius 1 is 1.31 bits per heavy atom. The molecule has 148 valence electrons. The summed E-state index contributed by atoms with van der Waals surface area (Å²) >= 11 is 1.55. The first-order valence-corrected chi connectivity index (χ1v) is 10.3. The largest absolute Gasteiger partial charge is 0.504 e. The van der Waals surface area contributed by atoms with E-state index < -0.39 is 0 Å². The van der Waals surface area contributed by atoms with E-state index in [1.54, 1.807) is 22.3 Å². The van der Waals surface area contributed by atoms with Gasteiger partial charge in [-0.25, -0.2) is 4.98 Å². The molecule has 2 amide bonds. The van der Waals surface area contributed by atoms with Gasteiger partial charge in [-0.15, -0.1) is 11.3 Å². The first-order valence-electron chi connectivity index (χ1n) is 9.48. The highest BCUT2D eigenvalue weighted by Crippen LogP contribution is 2.39. The van der Waals surface area contributed by atoms with Crippen molar-refractivity contribution in [2.45, 2.75) is 13.0 Å². The maximum absolute atomic E-state index is 12.9. The molecule has 1 atom stereocenters. The van der Waals surface area contributed by atoms with Crippen LogP contribution >= 0.6 is 11.3 Å². The van der Waals surface area contributed by atoms with Crippen molar-refractivity contribution < 1.29 is 19.4 Å². The van der Waals surface area contributed by atoms with Crippen LogP contribution < -0.4 is 10.1 Å². The van der Waals surface area contributed by atoms with Gasteiger partial charge in [-0.05, 0) is 24.3 Å². The molecule has 2 aliphatic heterocycles. The molecule has 0 spiro atoms. The Balaban J connectivity index is 1.48. The highest BCUT2D eigenvalue weighted by atomic mass is 32.1. The molecular weight excluding hydrogens is 390 g/mol. The first kappa shape index (κ1) is 17.9. The second kappa shape index (κ2) is 7.04. The normalized spacial score (nSPS) is 18.8. The minimum absolute atomic E-state index is 0.0452. The Morgan fingerprint density at radius 2 is 2.17 bits per heavy atom. The quantitative estimate of drug-likeness (QED) is 0.679. The number of nitrogens with zero attached hydrogens (tertiary/aromatic N) is 2. The predicted molar refractivity (Wildman–Crippen MR) is 109 cm³/mol. The van der Waals surface area contributed by atoms with Crippen LogP contribution in [0.2, 0.25) is 0 Å². The standard InChI is InChI=1S/C21H19N3O4S/c25-16-8-12(20-23-15-3-1-2-4-17(15)29-20)7-14-11-24(5-6-28-19(14)16)21(27)13-9-18(26)22-10-13/h1-4,7-8,13,25H,5-6,9-11H2,(H,22,26). The molecule has 0 aliphatic carbocycles. The fourth-order valence-electron chi connectivity index (χ4n) is 3.84. The number of ether oxygens (including phenoxy) is 1. The molecule has 1 fully saturated rings. The van der Waals surface area contributed by atoms with Gasteiger partial charge in [0.25, 0.3) is 0 Å². The van der Waals surface area contributed by atoms with Crippen molar-refractivity contribution in [1.29, 1.82) is 0 Å². The number of hydrogen-bond acceptors (Lipinski definition) is 6. The molecule has 7 nitrogen and oxygen atoms in total. The molecule has 2 N–H and O–H groups in total. The lowest BCUT2D eigenvalue weighted by Crippen LogP contribution is -2.37. The van der Waals surface area contributed by atoms with Crippen LogP contribution in [0.4, 0.5) is 0 Å². The highest BCUT2D eigenvalue weighted by molar-refractivity contribution is 7.21. The van der Waals surface area contributed by atoms with E-state index in [2.05, 4.69) is 10.3 Å². The zero-order valence-electron chi connectivity index (χ0n) is 15.6. The van der Waals surface area contributed by atoms with Crippen LogP contribution in [0.15, 0.2) is 36.4 Å². The second-order valence-corrected chi connectivity index (χ2v) is 8.31. The van der Waals surface area contributed by atoms with Crippen LogP contribution in [0.25, 0.3) is 20.8 Å². The summed E-state index contributed by atoms with van der Waals surface area (Å²) in [6.45, 7) is 1.40. The number of rotatable bonds is 2. The monoisotopic (exact) mass is 409 g/mol. The number of carbonyl (C=O) groups is 2. The van der Waals surface area contributed by atoms with Crippen LogP contribution in [-0.2, 0) is 16.1 Å². The Hall–Kier alpha value is -3.13. The van der Waals surface area contributed by atoms with Crippen molar-refractivity contribution in [3.63, 3.8) is 0 Å². The Bertz CT molecular complexity index is 1090. The van der Waals surface area contributed by atoms with Crippen LogP contribution in [-0.4, -0.2) is 46.5 Å². The van der Waals surface area contributed by atoms with Gasteiger partial charge in [-0.3, -0.25) is 9.59 Å². The van der Waals surface area contributed by atoms with E-state index in [0.717, 1.165) is 26.4 Å². The van der Waals surface area contributed by atoms with Crippen molar-refractivity contribution in [3.05, 3.63) is 42.0 Å². The SMILES string of the molecule is O=C1CC(C(=O)N2CCOc3c(O)cc(-c4nc5ccccc5s4)cc3C2)CN1. The van der Waals surface area contributed by atoms with Gasteiger partial charge < -0.3 is 20.1 Å². The lowest BCUT2D eigenvalue weighted by Gasteiger charge is -2.22. The molecule has 0 radical (unpaired) electrons. The zero-order valence-corrected chi connectivity index (χ0v) is 16.4. The second-order valence-electron chi connectivity index (χ2n) is 7.28. The lowest BCUT2D eigenvalue weighted by molar-refractivity contribution is -0.136. The Labute approximate surface area is 170 Å². The van der Waals surface area contributed by atoms with E-state index in [9.17, 15) is 14.7 Å². The van der Waals surface area contributed by atoms with Crippen LogP contribution in [0.5, 0.6) is 11.5 Å². The highest BCUT2D eigenvalue weighted by Gasteiger charge is 2.33. The Kier molecular flexibility index (Phi) is 4.35. The lowest BCUT2D eigenvalue weighted by atomic mass is 10.1. The molecule has 0 saturated carbocycles. The van der Waals surface area contributed by atoms with Crippen molar-refractivity contribution in [2.75, 3.05) is 19.7 Å². The number of hydrogen-bond donors (Lipinski definition) is 2. The average Bonchev–Trinajstić information content (AvgIpc) is 3.28. The van der Waals surface area contributed by atoms with Gasteiger partial charge in [0.2, 0.25) is 11.8 Å². The van der Waals surface area contributed by atoms with E-state index >= 15 is 0 Å². The first-order chi connectivity index (χ1) is 14.1. The number of phenolic OH excluding ortho intramolecular Hbond substituents is 1. The van der Waals surface area contributed by atoms with Crippen molar-refractivity contribution in [3.8, 4) is 22.1 Å². The topological polar surface area (TPSA) is 91.8 Å². The summed E-state index contributed by atoms with van der Waals surface area (Å²) in [6.07, 6.45) is 0.222. The number of fused-ring (bicyclic) bond motifs is 2. The molecule has 1 saturated heterocycles. The maximum atomic E-state index is 12.9. The van der Waals surface area contributed by atoms with E-state index in [4.69, 9.17) is 4.74 Å². The molecule has 3 aromatic rings. The number of phenols is 1. The average molecular weight is 409 g/mol. The van der Waals surface area contributed by atoms with Gasteiger partial charge in [-0.2, -0.15) is 0 Å². The van der Waals surface area contributed by atoms with E-state index in [0.29, 0.717) is 32.0 Å². The summed E-state index contributed by atoms with van der Waals surface area (Å²) in [4.78, 5) is 30.7. The molecule has 2 aromatic carbocycles. The molecule has 8 heteroatoms. The fourth-order valence-corrected chi connectivity index (χ4v) is 4.80. The van der Waals surface area contributed by atoms with E-state index in [1.807, 2.05) is 30.3 Å². The van der Waals surface area contributed by atoms with Gasteiger partial charge in [-0.1, -0.05) is 12.1 Å². The van der Waals surface area contributed by atoms with Crippen molar-refractivity contribution in [1.82, 2.24) is 15.2 Å². The van der Waals surface area contributed by atoms with E-state index in [-0.39, 0.29) is 29.9 Å². The van der Waals surface area contributed by atoms with Gasteiger partial charge in [0.1, 0.15) is 11.6 Å². The van der Waals surface area contributed by atoms with Gasteiger partial charge in [0.15, 0.2) is 11.5 Å². The summed E-state index contributed by atoms with van der Waals surface area (Å²) in [6, 6.07) is 11.5. The number of benzene rings is 2. The number of thiazole rings is 1. The van der Waals surface area contributed by atoms with Crippen molar-refractivity contribution >= 4 is 33.4 Å². The molecular formula is C21H19N3O4S. The fraction of sp³-hybridized carbons (Fsp3) is 0.286. The zero-order chi connectivity index (χ0) is 20.0. The third-order valence-corrected chi connectivity index (χ3v) is 6.38. The molecule has 29 heavy (non-hydrogen) atoms. The Morgan fingerprint density at radius 3 is 2.97 bits per heavy atom. The van der Waals surface area contributed by atoms with Gasteiger partial charge >= 0.3 is 0 Å². The predicted octanol–water partition coefficient (Wildman–Crippen LogP) is 2.53. The van der Waals surface area contributed by atoms with Crippen LogP contribution in [0, 0.1) is 5.92 Å². The van der Waals surface area contributed by atoms with Gasteiger partial charge in [0, 0.05) is 30.6 Å². The number of para-hydroxylation sites is 1. The summed E-state index contributed by atoms with van der Waals surface area (Å²) in [5.74, 6) is -0.0464. The third kappa shape index (κ3) is 3.29. The summed E-state index contributed by atoms with van der Waals surface area (Å²) in [5.41, 5.74) is 2.44. The number of aromatic hydroxyl groups is 1. The number of carbonyl (C=O) groups excluding carboxylic acids is 2. The smallest absolute Gasteiger partial charge is 0.228 e. The summed E-state index contributed by atoms with van der Waals surface area (Å²) in [5, 5.41) is 14.1. The third-order valence-electron chi connectivity index (χ3n) is 5.29. The van der Waals surface area contributed by atoms with Crippen molar-refractivity contribution in [2.24, 2.45) is 5.92 Å². The number of aromatic nitrogens is 1. The van der Waals surface area contributed by atoms with E-state index in [1.165, 1.54) is 0 Å². The van der Waals surface area contributed by atoms with Gasteiger partial charge in [0.05, 0.1) is 22.7 Å². The molecule has 5 rings (SSSR count). The molecule has 1 unspecified atom stereocenters. The van der Waals surface area contributed by atoms with Crippen LogP contribution in [0.3, 0.4) is 0 Å². The molecule has 0 bridgehead atoms. The molecule has 1 aromatic heterocycles. The maximum Gasteiger partial charge on any atom is 0.228 e. The summed E-state index contributed by atoms with van der Waals surface area (Å²) < 4.78 is 6.82.